The smallest absolute Gasteiger partial charge is 0.370 e. The van der Waals surface area contributed by atoms with Crippen LogP contribution in [-0.2, 0) is 21.9 Å². The summed E-state index contributed by atoms with van der Waals surface area (Å²) < 4.78 is 85.6. The second-order valence-electron chi connectivity index (χ2n) is 8.14. The number of likely N-dealkylation sites (tertiary alicyclic amines) is 1. The molecule has 0 bridgehead atoms. The van der Waals surface area contributed by atoms with E-state index in [1.807, 2.05) is 18.2 Å². The van der Waals surface area contributed by atoms with E-state index in [-0.39, 0.29) is 43.0 Å². The Hall–Kier alpha value is -3.06. The highest BCUT2D eigenvalue weighted by Gasteiger charge is 2.38. The highest BCUT2D eigenvalue weighted by molar-refractivity contribution is 5.78. The minimum absolute atomic E-state index is 0.0856. The van der Waals surface area contributed by atoms with Crippen LogP contribution in [0.3, 0.4) is 0 Å². The lowest BCUT2D eigenvalue weighted by Gasteiger charge is -2.39. The van der Waals surface area contributed by atoms with E-state index in [9.17, 15) is 31.1 Å². The van der Waals surface area contributed by atoms with Crippen molar-refractivity contribution in [3.63, 3.8) is 0 Å². The molecule has 0 spiro atoms. The zero-order chi connectivity index (χ0) is 25.1. The molecule has 34 heavy (non-hydrogen) atoms. The molecule has 0 unspecified atom stereocenters. The third-order valence-electron chi connectivity index (χ3n) is 5.82. The maximum Gasteiger partial charge on any atom is 0.416 e. The fourth-order valence-electron chi connectivity index (χ4n) is 4.07. The maximum atomic E-state index is 13.3. The Bertz CT molecular complexity index is 1010. The number of carbonyl (C=O) groups excluding carboxylic acids is 1. The molecule has 1 aliphatic heterocycles. The number of amides is 1. The Morgan fingerprint density at radius 2 is 1.68 bits per heavy atom. The van der Waals surface area contributed by atoms with Gasteiger partial charge in [0, 0.05) is 19.0 Å². The summed E-state index contributed by atoms with van der Waals surface area (Å²) in [6, 6.07) is 12.2. The molecule has 4 nitrogen and oxygen atoms in total. The lowest BCUT2D eigenvalue weighted by Crippen LogP contribution is -2.45. The summed E-state index contributed by atoms with van der Waals surface area (Å²) in [7, 11) is 0. The number of hydrogen-bond acceptors (Lipinski definition) is 3. The summed E-state index contributed by atoms with van der Waals surface area (Å²) in [4.78, 5) is 13.8. The molecule has 1 heterocycles. The van der Waals surface area contributed by atoms with Gasteiger partial charge in [0.15, 0.2) is 0 Å². The first-order chi connectivity index (χ1) is 15.9. The van der Waals surface area contributed by atoms with Gasteiger partial charge in [-0.25, -0.2) is 0 Å². The van der Waals surface area contributed by atoms with Gasteiger partial charge in [0.2, 0.25) is 5.91 Å². The summed E-state index contributed by atoms with van der Waals surface area (Å²) in [5, 5.41) is 8.82. The summed E-state index contributed by atoms with van der Waals surface area (Å²) in [5.74, 6) is -0.712. The van der Waals surface area contributed by atoms with Crippen LogP contribution < -0.4 is 0 Å². The quantitative estimate of drug-likeness (QED) is 0.482. The Kier molecular flexibility index (Phi) is 7.56. The van der Waals surface area contributed by atoms with Crippen molar-refractivity contribution in [1.82, 2.24) is 4.90 Å². The van der Waals surface area contributed by atoms with Crippen LogP contribution >= 0.6 is 0 Å². The summed E-state index contributed by atoms with van der Waals surface area (Å²) in [6.07, 6.45) is -11.5. The Balaban J connectivity index is 1.89. The summed E-state index contributed by atoms with van der Waals surface area (Å²) >= 11 is 0. The molecule has 0 radical (unpaired) electrons. The van der Waals surface area contributed by atoms with Crippen LogP contribution in [0.15, 0.2) is 48.5 Å². The lowest BCUT2D eigenvalue weighted by atomic mass is 9.87. The lowest BCUT2D eigenvalue weighted by molar-refractivity contribution is -0.143. The standard InChI is InChI=1S/C24H22F6N2O2/c1-15(17-11-18(23(25,26)27)13-19(12-17)24(28,29)30)34-21-8-10-32(22(33)7-9-31)14-20(21)16-5-3-2-4-6-16/h2-6,11-13,15,20-21H,7-8,10,14H2,1H3/t15-,20+,21+/m1/s1. The molecular formula is C24H22F6N2O2. The van der Waals surface area contributed by atoms with Gasteiger partial charge in [-0.2, -0.15) is 31.6 Å². The predicted octanol–water partition coefficient (Wildman–Crippen LogP) is 6.10. The molecule has 10 heteroatoms. The van der Waals surface area contributed by atoms with Gasteiger partial charge in [0.1, 0.15) is 6.42 Å². The van der Waals surface area contributed by atoms with Crippen molar-refractivity contribution >= 4 is 5.91 Å². The number of piperidine rings is 1. The Morgan fingerprint density at radius 3 is 2.21 bits per heavy atom. The second-order valence-corrected chi connectivity index (χ2v) is 8.14. The van der Waals surface area contributed by atoms with E-state index in [0.717, 1.165) is 5.56 Å². The van der Waals surface area contributed by atoms with Gasteiger partial charge < -0.3 is 9.64 Å². The average molecular weight is 484 g/mol. The van der Waals surface area contributed by atoms with Crippen molar-refractivity contribution in [3.05, 3.63) is 70.8 Å². The number of hydrogen-bond donors (Lipinski definition) is 0. The van der Waals surface area contributed by atoms with E-state index < -0.39 is 35.7 Å². The second kappa shape index (κ2) is 10.1. The van der Waals surface area contributed by atoms with E-state index in [0.29, 0.717) is 18.6 Å². The number of halogens is 6. The van der Waals surface area contributed by atoms with Gasteiger partial charge in [-0.1, -0.05) is 30.3 Å². The van der Waals surface area contributed by atoms with Crippen molar-refractivity contribution in [2.24, 2.45) is 0 Å². The Morgan fingerprint density at radius 1 is 1.09 bits per heavy atom. The van der Waals surface area contributed by atoms with Crippen LogP contribution in [-0.4, -0.2) is 30.0 Å². The highest BCUT2D eigenvalue weighted by Crippen LogP contribution is 2.39. The third-order valence-corrected chi connectivity index (χ3v) is 5.82. The summed E-state index contributed by atoms with van der Waals surface area (Å²) in [5.41, 5.74) is -2.22. The first kappa shape index (κ1) is 25.6. The fourth-order valence-corrected chi connectivity index (χ4v) is 4.07. The molecule has 1 amide bonds. The third kappa shape index (κ3) is 6.08. The largest absolute Gasteiger partial charge is 0.416 e. The summed E-state index contributed by atoms with van der Waals surface area (Å²) in [6.45, 7) is 1.89. The van der Waals surface area contributed by atoms with Gasteiger partial charge in [-0.05, 0) is 42.7 Å². The SMILES string of the molecule is C[C@@H](O[C@H]1CCN(C(=O)CC#N)C[C@H]1c1ccccc1)c1cc(C(F)(F)F)cc(C(F)(F)F)c1. The number of benzene rings is 2. The minimum atomic E-state index is -4.95. The number of nitrogens with zero attached hydrogens (tertiary/aromatic N) is 2. The molecule has 2 aromatic carbocycles. The van der Waals surface area contributed by atoms with Crippen molar-refractivity contribution < 1.29 is 35.9 Å². The molecule has 0 saturated carbocycles. The molecular weight excluding hydrogens is 462 g/mol. The number of carbonyl (C=O) groups is 1. The van der Waals surface area contributed by atoms with Gasteiger partial charge in [0.25, 0.3) is 0 Å². The van der Waals surface area contributed by atoms with Crippen LogP contribution in [0.1, 0.15) is 54.0 Å². The van der Waals surface area contributed by atoms with Gasteiger partial charge in [0.05, 0.1) is 29.4 Å². The first-order valence-corrected chi connectivity index (χ1v) is 10.5. The Labute approximate surface area is 192 Å². The molecule has 3 rings (SSSR count). The van der Waals surface area contributed by atoms with Gasteiger partial charge in [-0.15, -0.1) is 0 Å². The molecule has 0 N–H and O–H groups in total. The predicted molar refractivity (Wildman–Crippen MR) is 110 cm³/mol. The van der Waals surface area contributed by atoms with Crippen molar-refractivity contribution in [3.8, 4) is 6.07 Å². The first-order valence-electron chi connectivity index (χ1n) is 10.5. The zero-order valence-corrected chi connectivity index (χ0v) is 18.2. The average Bonchev–Trinajstić information content (AvgIpc) is 2.78. The van der Waals surface area contributed by atoms with E-state index in [2.05, 4.69) is 0 Å². The molecule has 0 aromatic heterocycles. The van der Waals surface area contributed by atoms with E-state index in [4.69, 9.17) is 10.00 Å². The molecule has 1 aliphatic rings. The molecule has 1 saturated heterocycles. The minimum Gasteiger partial charge on any atom is -0.370 e. The number of nitriles is 1. The fraction of sp³-hybridized carbons (Fsp3) is 0.417. The topological polar surface area (TPSA) is 53.3 Å². The van der Waals surface area contributed by atoms with Crippen molar-refractivity contribution in [2.45, 2.75) is 50.2 Å². The highest BCUT2D eigenvalue weighted by atomic mass is 19.4. The molecule has 3 atom stereocenters. The van der Waals surface area contributed by atoms with Crippen LogP contribution in [0.2, 0.25) is 0 Å². The van der Waals surface area contributed by atoms with E-state index >= 15 is 0 Å². The van der Waals surface area contributed by atoms with Crippen LogP contribution in [0, 0.1) is 11.3 Å². The number of rotatable bonds is 5. The normalized spacial score (nSPS) is 20.0. The van der Waals surface area contributed by atoms with Gasteiger partial charge >= 0.3 is 12.4 Å². The molecule has 0 aliphatic carbocycles. The van der Waals surface area contributed by atoms with Crippen molar-refractivity contribution in [1.29, 1.82) is 5.26 Å². The van der Waals surface area contributed by atoms with E-state index in [1.165, 1.54) is 11.8 Å². The van der Waals surface area contributed by atoms with Crippen LogP contribution in [0.5, 0.6) is 0 Å². The number of ether oxygens (including phenoxy) is 1. The van der Waals surface area contributed by atoms with Crippen LogP contribution in [0.25, 0.3) is 0 Å². The van der Waals surface area contributed by atoms with Gasteiger partial charge in [-0.3, -0.25) is 4.79 Å². The van der Waals surface area contributed by atoms with E-state index in [1.54, 1.807) is 18.2 Å². The van der Waals surface area contributed by atoms with Crippen LogP contribution in [0.4, 0.5) is 26.3 Å². The molecule has 1 fully saturated rings. The monoisotopic (exact) mass is 484 g/mol. The zero-order valence-electron chi connectivity index (χ0n) is 18.2. The molecule has 2 aromatic rings. The molecule has 182 valence electrons. The maximum absolute atomic E-state index is 13.3. The van der Waals surface area contributed by atoms with Crippen molar-refractivity contribution in [2.75, 3.05) is 13.1 Å². The number of alkyl halides is 6.